The van der Waals surface area contributed by atoms with Gasteiger partial charge in [0.25, 0.3) is 0 Å². The lowest BCUT2D eigenvalue weighted by atomic mass is 10.1. The molecule has 0 N–H and O–H groups in total. The lowest BCUT2D eigenvalue weighted by Crippen LogP contribution is -2.05. The quantitative estimate of drug-likeness (QED) is 0.545. The number of hydrogen-bond donors (Lipinski definition) is 0. The van der Waals surface area contributed by atoms with Crippen molar-refractivity contribution in [2.75, 3.05) is 27.4 Å². The molecule has 0 heterocycles. The number of methoxy groups -OCH3 is 2. The Kier molecular flexibility index (Phi) is 7.16. The van der Waals surface area contributed by atoms with Crippen LogP contribution >= 0.6 is 0 Å². The Bertz CT molecular complexity index is 628. The Labute approximate surface area is 147 Å². The number of ether oxygens (including phenoxy) is 3. The molecule has 0 atom stereocenters. The largest absolute Gasteiger partial charge is 0.465 e. The highest BCUT2D eigenvalue weighted by Crippen LogP contribution is 2.08. The molecule has 0 unspecified atom stereocenters. The van der Waals surface area contributed by atoms with E-state index in [1.165, 1.54) is 14.2 Å². The van der Waals surface area contributed by atoms with Crippen LogP contribution in [-0.4, -0.2) is 39.4 Å². The van der Waals surface area contributed by atoms with Crippen molar-refractivity contribution in [3.63, 3.8) is 0 Å². The van der Waals surface area contributed by atoms with Gasteiger partial charge in [-0.15, -0.1) is 0 Å². The number of carbonyl (C=O) groups excluding carboxylic acids is 2. The molecule has 0 aliphatic heterocycles. The van der Waals surface area contributed by atoms with Crippen LogP contribution in [0.15, 0.2) is 48.5 Å². The highest BCUT2D eigenvalue weighted by Gasteiger charge is 2.05. The topological polar surface area (TPSA) is 61.8 Å². The molecule has 2 rings (SSSR count). The van der Waals surface area contributed by atoms with Crippen molar-refractivity contribution in [3.8, 4) is 0 Å². The first-order chi connectivity index (χ1) is 12.1. The summed E-state index contributed by atoms with van der Waals surface area (Å²) in [4.78, 5) is 22.7. The first-order valence-corrected chi connectivity index (χ1v) is 8.06. The number of carbonyl (C=O) groups is 2. The van der Waals surface area contributed by atoms with E-state index in [0.717, 1.165) is 24.0 Å². The van der Waals surface area contributed by atoms with Crippen molar-refractivity contribution >= 4 is 11.9 Å². The summed E-state index contributed by atoms with van der Waals surface area (Å²) in [7, 11) is 2.74. The summed E-state index contributed by atoms with van der Waals surface area (Å²) in [5.41, 5.74) is 3.30. The van der Waals surface area contributed by atoms with Gasteiger partial charge in [0.1, 0.15) is 0 Å². The minimum Gasteiger partial charge on any atom is -0.465 e. The lowest BCUT2D eigenvalue weighted by Gasteiger charge is -2.06. The van der Waals surface area contributed by atoms with E-state index in [0.29, 0.717) is 24.3 Å². The van der Waals surface area contributed by atoms with Gasteiger partial charge in [0, 0.05) is 0 Å². The first kappa shape index (κ1) is 18.7. The summed E-state index contributed by atoms with van der Waals surface area (Å²) in [5.74, 6) is -0.665. The zero-order valence-corrected chi connectivity index (χ0v) is 14.5. The van der Waals surface area contributed by atoms with Gasteiger partial charge in [-0.2, -0.15) is 0 Å². The summed E-state index contributed by atoms with van der Waals surface area (Å²) in [6, 6.07) is 14.6. The zero-order valence-electron chi connectivity index (χ0n) is 14.5. The Morgan fingerprint density at radius 1 is 0.680 bits per heavy atom. The maximum Gasteiger partial charge on any atom is 0.337 e. The van der Waals surface area contributed by atoms with Crippen LogP contribution in [0.5, 0.6) is 0 Å². The van der Waals surface area contributed by atoms with E-state index in [4.69, 9.17) is 4.74 Å². The summed E-state index contributed by atoms with van der Waals surface area (Å²) in [5, 5.41) is 0. The van der Waals surface area contributed by atoms with E-state index in [-0.39, 0.29) is 11.9 Å². The first-order valence-electron chi connectivity index (χ1n) is 8.06. The number of esters is 2. The minimum atomic E-state index is -0.332. The third kappa shape index (κ3) is 5.72. The summed E-state index contributed by atoms with van der Waals surface area (Å²) < 4.78 is 15.0. The molecule has 0 aromatic heterocycles. The van der Waals surface area contributed by atoms with E-state index in [2.05, 4.69) is 9.47 Å². The number of hydrogen-bond acceptors (Lipinski definition) is 5. The Morgan fingerprint density at radius 2 is 1.04 bits per heavy atom. The van der Waals surface area contributed by atoms with Crippen LogP contribution in [0.1, 0.15) is 31.8 Å². The molecule has 0 amide bonds. The van der Waals surface area contributed by atoms with Gasteiger partial charge in [-0.05, 0) is 48.2 Å². The fourth-order valence-electron chi connectivity index (χ4n) is 2.33. The molecular formula is C20H22O5. The van der Waals surface area contributed by atoms with Crippen LogP contribution in [0, 0.1) is 0 Å². The Balaban J connectivity index is 1.69. The monoisotopic (exact) mass is 342 g/mol. The molecule has 25 heavy (non-hydrogen) atoms. The maximum absolute atomic E-state index is 11.4. The molecule has 5 nitrogen and oxygen atoms in total. The highest BCUT2D eigenvalue weighted by atomic mass is 16.5. The fourth-order valence-corrected chi connectivity index (χ4v) is 2.33. The van der Waals surface area contributed by atoms with Gasteiger partial charge in [0.05, 0.1) is 38.6 Å². The van der Waals surface area contributed by atoms with Crippen molar-refractivity contribution in [2.45, 2.75) is 12.8 Å². The predicted molar refractivity (Wildman–Crippen MR) is 93.8 cm³/mol. The molecule has 0 spiro atoms. The van der Waals surface area contributed by atoms with Crippen molar-refractivity contribution in [3.05, 3.63) is 70.8 Å². The second-order valence-electron chi connectivity index (χ2n) is 5.49. The average Bonchev–Trinajstić information content (AvgIpc) is 2.67. The minimum absolute atomic E-state index is 0.332. The third-order valence-corrected chi connectivity index (χ3v) is 3.82. The van der Waals surface area contributed by atoms with Crippen LogP contribution in [0.2, 0.25) is 0 Å². The molecule has 2 aromatic rings. The van der Waals surface area contributed by atoms with Crippen molar-refractivity contribution < 1.29 is 23.8 Å². The summed E-state index contributed by atoms with van der Waals surface area (Å²) >= 11 is 0. The molecular weight excluding hydrogens is 320 g/mol. The molecule has 0 saturated carbocycles. The average molecular weight is 342 g/mol. The molecule has 0 bridgehead atoms. The van der Waals surface area contributed by atoms with Gasteiger partial charge in [0.2, 0.25) is 0 Å². The lowest BCUT2D eigenvalue weighted by molar-refractivity contribution is 0.0592. The normalized spacial score (nSPS) is 10.3. The summed E-state index contributed by atoms with van der Waals surface area (Å²) in [6.45, 7) is 1.22. The SMILES string of the molecule is COC(=O)c1ccc(CCOCCc2ccc(C(=O)OC)cc2)cc1. The van der Waals surface area contributed by atoms with Crippen LogP contribution in [0.25, 0.3) is 0 Å². The van der Waals surface area contributed by atoms with Crippen LogP contribution in [0.3, 0.4) is 0 Å². The van der Waals surface area contributed by atoms with Gasteiger partial charge in [-0.1, -0.05) is 24.3 Å². The van der Waals surface area contributed by atoms with Crippen LogP contribution < -0.4 is 0 Å². The Morgan fingerprint density at radius 3 is 1.36 bits per heavy atom. The fraction of sp³-hybridized carbons (Fsp3) is 0.300. The molecule has 0 aliphatic rings. The van der Waals surface area contributed by atoms with E-state index in [1.54, 1.807) is 24.3 Å². The number of rotatable bonds is 8. The van der Waals surface area contributed by atoms with Crippen molar-refractivity contribution in [1.82, 2.24) is 0 Å². The molecule has 2 aromatic carbocycles. The zero-order chi connectivity index (χ0) is 18.1. The van der Waals surface area contributed by atoms with Crippen molar-refractivity contribution in [2.24, 2.45) is 0 Å². The van der Waals surface area contributed by atoms with Gasteiger partial charge < -0.3 is 14.2 Å². The number of benzene rings is 2. The van der Waals surface area contributed by atoms with Gasteiger partial charge in [0.15, 0.2) is 0 Å². The summed E-state index contributed by atoms with van der Waals surface area (Å²) in [6.07, 6.45) is 1.56. The van der Waals surface area contributed by atoms with E-state index < -0.39 is 0 Å². The van der Waals surface area contributed by atoms with Gasteiger partial charge in [-0.25, -0.2) is 9.59 Å². The second kappa shape index (κ2) is 9.59. The molecule has 5 heteroatoms. The second-order valence-corrected chi connectivity index (χ2v) is 5.49. The maximum atomic E-state index is 11.4. The third-order valence-electron chi connectivity index (χ3n) is 3.82. The van der Waals surface area contributed by atoms with Gasteiger partial charge in [-0.3, -0.25) is 0 Å². The highest BCUT2D eigenvalue weighted by molar-refractivity contribution is 5.89. The standard InChI is InChI=1S/C20H22O5/c1-23-19(21)17-7-3-15(4-8-17)11-13-25-14-12-16-5-9-18(10-6-16)20(22)24-2/h3-10H,11-14H2,1-2H3. The Hall–Kier alpha value is -2.66. The van der Waals surface area contributed by atoms with Crippen LogP contribution in [-0.2, 0) is 27.1 Å². The van der Waals surface area contributed by atoms with E-state index in [1.807, 2.05) is 24.3 Å². The van der Waals surface area contributed by atoms with E-state index >= 15 is 0 Å². The molecule has 0 radical (unpaired) electrons. The van der Waals surface area contributed by atoms with Gasteiger partial charge >= 0.3 is 11.9 Å². The van der Waals surface area contributed by atoms with Crippen LogP contribution in [0.4, 0.5) is 0 Å². The molecule has 0 fully saturated rings. The van der Waals surface area contributed by atoms with Crippen molar-refractivity contribution in [1.29, 1.82) is 0 Å². The predicted octanol–water partition coefficient (Wildman–Crippen LogP) is 3.06. The van der Waals surface area contributed by atoms with E-state index in [9.17, 15) is 9.59 Å². The molecule has 0 aliphatic carbocycles. The molecule has 0 saturated heterocycles. The molecule has 132 valence electrons. The smallest absolute Gasteiger partial charge is 0.337 e.